The first-order valence-corrected chi connectivity index (χ1v) is 16.6. The number of morpholine rings is 1. The molecule has 0 radical (unpaired) electrons. The molecule has 3 N–H and O–H groups in total. The third-order valence-electron chi connectivity index (χ3n) is 8.96. The van der Waals surface area contributed by atoms with E-state index in [0.29, 0.717) is 88.7 Å². The average molecular weight is 661 g/mol. The second-order valence-electron chi connectivity index (χ2n) is 12.1. The predicted molar refractivity (Wildman–Crippen MR) is 166 cm³/mol. The fraction of sp³-hybridized carbons (Fsp3) is 0.531. The Morgan fingerprint density at radius 1 is 1.11 bits per heavy atom. The summed E-state index contributed by atoms with van der Waals surface area (Å²) in [5.74, 6) is -0.329. The molecule has 0 saturated carbocycles. The fourth-order valence-corrected chi connectivity index (χ4v) is 7.44. The Bertz CT molecular complexity index is 1510. The lowest BCUT2D eigenvalue weighted by atomic mass is 9.87. The van der Waals surface area contributed by atoms with Crippen LogP contribution in [0.15, 0.2) is 47.5 Å². The predicted octanol–water partition coefficient (Wildman–Crippen LogP) is 2.91. The lowest BCUT2D eigenvalue weighted by Gasteiger charge is -2.38. The average Bonchev–Trinajstić information content (AvgIpc) is 3.43. The van der Waals surface area contributed by atoms with Gasteiger partial charge in [-0.1, -0.05) is 12.1 Å². The number of piperidine rings is 1. The summed E-state index contributed by atoms with van der Waals surface area (Å²) >= 11 is 0.888. The molecule has 1 aromatic carbocycles. The zero-order chi connectivity index (χ0) is 32.3. The first-order chi connectivity index (χ1) is 22.1. The van der Waals surface area contributed by atoms with Crippen LogP contribution in [0.1, 0.15) is 35.4 Å². The SMILES string of the molecule is O=C(CSc1cc(-c2nn(CC(O)CN3CCC(O)(c4ccccn4)CC3)c3c2CNCC3)ccc1C(F)(F)F)N1CCOCC1. The first kappa shape index (κ1) is 32.9. The molecule has 10 nitrogen and oxygen atoms in total. The van der Waals surface area contributed by atoms with Gasteiger partial charge in [0.15, 0.2) is 0 Å². The maximum absolute atomic E-state index is 14.0. The van der Waals surface area contributed by atoms with Gasteiger partial charge in [0, 0.05) is 80.1 Å². The number of hydrogen-bond donors (Lipinski definition) is 3. The van der Waals surface area contributed by atoms with Crippen molar-refractivity contribution in [1.29, 1.82) is 0 Å². The van der Waals surface area contributed by atoms with Crippen LogP contribution in [0, 0.1) is 0 Å². The number of carbonyl (C=O) groups is 1. The van der Waals surface area contributed by atoms with Crippen molar-refractivity contribution in [3.63, 3.8) is 0 Å². The summed E-state index contributed by atoms with van der Waals surface area (Å²) in [7, 11) is 0. The van der Waals surface area contributed by atoms with E-state index in [1.165, 1.54) is 12.1 Å². The molecule has 2 fully saturated rings. The quantitative estimate of drug-likeness (QED) is 0.298. The number of alkyl halides is 3. The van der Waals surface area contributed by atoms with Crippen molar-refractivity contribution in [3.05, 3.63) is 65.1 Å². The molecule has 2 aromatic heterocycles. The number of hydrogen-bond acceptors (Lipinski definition) is 9. The summed E-state index contributed by atoms with van der Waals surface area (Å²) in [6.07, 6.45) is -1.94. The largest absolute Gasteiger partial charge is 0.417 e. The van der Waals surface area contributed by atoms with Gasteiger partial charge >= 0.3 is 6.18 Å². The highest BCUT2D eigenvalue weighted by Gasteiger charge is 2.36. The molecular formula is C32H39F3N6O4S. The summed E-state index contributed by atoms with van der Waals surface area (Å²) in [6.45, 7) is 4.79. The van der Waals surface area contributed by atoms with Crippen LogP contribution in [0.25, 0.3) is 11.3 Å². The Hall–Kier alpha value is -3.01. The number of nitrogens with one attached hydrogen (secondary N) is 1. The van der Waals surface area contributed by atoms with Gasteiger partial charge in [-0.2, -0.15) is 18.3 Å². The number of β-amino-alcohol motifs (C(OH)–C–C–N with tert-alkyl or cyclic N) is 1. The molecule has 2 saturated heterocycles. The maximum atomic E-state index is 14.0. The number of benzene rings is 1. The minimum atomic E-state index is -4.57. The van der Waals surface area contributed by atoms with Crippen LogP contribution in [-0.4, -0.2) is 105 Å². The van der Waals surface area contributed by atoms with E-state index < -0.39 is 23.4 Å². The van der Waals surface area contributed by atoms with Gasteiger partial charge in [-0.15, -0.1) is 11.8 Å². The van der Waals surface area contributed by atoms with E-state index in [-0.39, 0.29) is 23.1 Å². The van der Waals surface area contributed by atoms with Gasteiger partial charge in [-0.3, -0.25) is 14.5 Å². The molecule has 1 atom stereocenters. The van der Waals surface area contributed by atoms with Crippen molar-refractivity contribution >= 4 is 17.7 Å². The Morgan fingerprint density at radius 2 is 1.89 bits per heavy atom. The van der Waals surface area contributed by atoms with Crippen molar-refractivity contribution in [2.24, 2.45) is 0 Å². The van der Waals surface area contributed by atoms with E-state index in [1.54, 1.807) is 15.8 Å². The van der Waals surface area contributed by atoms with E-state index in [0.717, 1.165) is 35.6 Å². The number of aliphatic hydroxyl groups is 2. The molecule has 0 bridgehead atoms. The molecule has 6 rings (SSSR count). The molecule has 1 amide bonds. The third-order valence-corrected chi connectivity index (χ3v) is 10.00. The monoisotopic (exact) mass is 660 g/mol. The Kier molecular flexibility index (Phi) is 10.0. The standard InChI is InChI=1S/C32H39F3N6O4S/c33-32(34,35)25-5-4-22(17-27(25)46-21-29(43)40-13-15-45-16-14-40)30-24-18-36-10-6-26(24)41(38-30)20-23(42)19-39-11-7-31(44,8-12-39)28-3-1-2-9-37-28/h1-5,9,17,23,36,42,44H,6-8,10-16,18-21H2. The number of fused-ring (bicyclic) bond motifs is 1. The number of halogens is 3. The highest BCUT2D eigenvalue weighted by Crippen LogP contribution is 2.40. The number of amides is 1. The van der Waals surface area contributed by atoms with Crippen molar-refractivity contribution < 1.29 is 32.9 Å². The zero-order valence-electron chi connectivity index (χ0n) is 25.5. The van der Waals surface area contributed by atoms with Gasteiger partial charge in [0.25, 0.3) is 0 Å². The molecule has 46 heavy (non-hydrogen) atoms. The number of rotatable bonds is 9. The molecule has 3 aliphatic heterocycles. The number of ether oxygens (including phenoxy) is 1. The van der Waals surface area contributed by atoms with E-state index >= 15 is 0 Å². The van der Waals surface area contributed by atoms with Crippen molar-refractivity contribution in [3.8, 4) is 11.3 Å². The molecule has 3 aliphatic rings. The van der Waals surface area contributed by atoms with Crippen LogP contribution in [0.2, 0.25) is 0 Å². The summed E-state index contributed by atoms with van der Waals surface area (Å²) in [6, 6.07) is 9.50. The second-order valence-corrected chi connectivity index (χ2v) is 13.1. The van der Waals surface area contributed by atoms with Crippen LogP contribution < -0.4 is 5.32 Å². The van der Waals surface area contributed by atoms with Gasteiger partial charge in [0.05, 0.1) is 48.6 Å². The number of pyridine rings is 1. The fourth-order valence-electron chi connectivity index (χ4n) is 6.42. The normalized spacial score (nSPS) is 19.5. The van der Waals surface area contributed by atoms with Crippen molar-refractivity contribution in [2.75, 3.05) is 58.2 Å². The Labute approximate surface area is 269 Å². The van der Waals surface area contributed by atoms with Gasteiger partial charge in [-0.25, -0.2) is 0 Å². The van der Waals surface area contributed by atoms with E-state index in [9.17, 15) is 28.2 Å². The van der Waals surface area contributed by atoms with Crippen molar-refractivity contribution in [1.82, 2.24) is 29.9 Å². The molecule has 0 spiro atoms. The minimum absolute atomic E-state index is 0.0190. The summed E-state index contributed by atoms with van der Waals surface area (Å²) in [4.78, 5) is 20.8. The lowest BCUT2D eigenvalue weighted by Crippen LogP contribution is -2.46. The molecule has 248 valence electrons. The first-order valence-electron chi connectivity index (χ1n) is 15.6. The number of likely N-dealkylation sites (tertiary alicyclic amines) is 1. The van der Waals surface area contributed by atoms with Gasteiger partial charge < -0.3 is 30.1 Å². The number of thioether (sulfide) groups is 1. The van der Waals surface area contributed by atoms with Crippen LogP contribution >= 0.6 is 11.8 Å². The smallest absolute Gasteiger partial charge is 0.390 e. The number of aromatic nitrogens is 3. The summed E-state index contributed by atoms with van der Waals surface area (Å²) in [5, 5.41) is 30.4. The zero-order valence-corrected chi connectivity index (χ0v) is 26.3. The van der Waals surface area contributed by atoms with Crippen molar-refractivity contribution in [2.45, 2.75) is 55.1 Å². The topological polar surface area (TPSA) is 116 Å². The number of nitrogens with zero attached hydrogens (tertiary/aromatic N) is 5. The molecule has 3 aromatic rings. The van der Waals surface area contributed by atoms with Crippen LogP contribution in [0.5, 0.6) is 0 Å². The lowest BCUT2D eigenvalue weighted by molar-refractivity contribution is -0.139. The van der Waals surface area contributed by atoms with E-state index in [4.69, 9.17) is 9.84 Å². The van der Waals surface area contributed by atoms with Gasteiger partial charge in [0.1, 0.15) is 5.60 Å². The van der Waals surface area contributed by atoms with E-state index in [1.807, 2.05) is 18.2 Å². The molecule has 14 heteroatoms. The van der Waals surface area contributed by atoms with Gasteiger partial charge in [-0.05, 0) is 37.1 Å². The molecule has 1 unspecified atom stereocenters. The molecular weight excluding hydrogens is 621 g/mol. The second kappa shape index (κ2) is 14.0. The molecule has 5 heterocycles. The molecule has 0 aliphatic carbocycles. The third kappa shape index (κ3) is 7.42. The highest BCUT2D eigenvalue weighted by atomic mass is 32.2. The number of aliphatic hydroxyl groups excluding tert-OH is 1. The number of carbonyl (C=O) groups excluding carboxylic acids is 1. The summed E-state index contributed by atoms with van der Waals surface area (Å²) < 4.78 is 49.1. The van der Waals surface area contributed by atoms with Gasteiger partial charge in [0.2, 0.25) is 5.91 Å². The van der Waals surface area contributed by atoms with Crippen LogP contribution in [0.3, 0.4) is 0 Å². The van der Waals surface area contributed by atoms with Crippen LogP contribution in [0.4, 0.5) is 13.2 Å². The summed E-state index contributed by atoms with van der Waals surface area (Å²) in [5.41, 5.74) is 1.85. The van der Waals surface area contributed by atoms with Crippen LogP contribution in [-0.2, 0) is 40.8 Å². The van der Waals surface area contributed by atoms with E-state index in [2.05, 4.69) is 15.2 Å². The minimum Gasteiger partial charge on any atom is -0.390 e. The Balaban J connectivity index is 1.17. The highest BCUT2D eigenvalue weighted by molar-refractivity contribution is 8.00. The maximum Gasteiger partial charge on any atom is 0.417 e. The Morgan fingerprint density at radius 3 is 2.61 bits per heavy atom.